The summed E-state index contributed by atoms with van der Waals surface area (Å²) in [5.41, 5.74) is 0. The number of carbonyl (C=O) groups is 1. The third-order valence-corrected chi connectivity index (χ3v) is 7.66. The van der Waals surface area contributed by atoms with E-state index in [1.54, 1.807) is 0 Å². The van der Waals surface area contributed by atoms with Gasteiger partial charge in [-0.2, -0.15) is 0 Å². The van der Waals surface area contributed by atoms with Crippen LogP contribution in [-0.2, 0) is 4.79 Å². The normalized spacial score (nSPS) is 8.84. The zero-order chi connectivity index (χ0) is 52.9. The predicted molar refractivity (Wildman–Crippen MR) is 319 cm³/mol. The van der Waals surface area contributed by atoms with Gasteiger partial charge in [-0.15, -0.1) is 0 Å². The molecule has 10 heteroatoms. The summed E-state index contributed by atoms with van der Waals surface area (Å²) < 4.78 is -2.25. The Balaban J connectivity index is -0.0000000463. The van der Waals surface area contributed by atoms with Gasteiger partial charge in [0, 0.05) is 0 Å². The van der Waals surface area contributed by atoms with Crippen LogP contribution in [0.4, 0.5) is 0 Å². The molecular formula is C54H121Cl9O. The molecule has 0 radical (unpaired) electrons. The SMILES string of the molecule is CC(C)=O.CCCCCC.CCCCCC.CCCCCC.CCCCCC.CCCCCC.CCCCCC.CCCCCC.CCCCCC.ClC(Cl)Cl.ClC(Cl)Cl.ClC(Cl)Cl. The van der Waals surface area contributed by atoms with Gasteiger partial charge in [0.15, 0.2) is 12.9 Å². The molecule has 0 aromatic rings. The van der Waals surface area contributed by atoms with Crippen LogP contribution in [0, 0.1) is 0 Å². The zero-order valence-electron chi connectivity index (χ0n) is 46.7. The van der Waals surface area contributed by atoms with Crippen molar-refractivity contribution in [3.05, 3.63) is 0 Å². The first-order chi connectivity index (χ1) is 30.2. The molecule has 64 heavy (non-hydrogen) atoms. The monoisotopic (exact) mass is 1100 g/mol. The first kappa shape index (κ1) is 95.9. The van der Waals surface area contributed by atoms with Gasteiger partial charge < -0.3 is 4.79 Å². The Hall–Kier alpha value is 2.28. The van der Waals surface area contributed by atoms with Gasteiger partial charge in [-0.1, -0.05) is 421 Å². The zero-order valence-corrected chi connectivity index (χ0v) is 53.5. The lowest BCUT2D eigenvalue weighted by Crippen LogP contribution is -1.69. The number of hydrogen-bond donors (Lipinski definition) is 0. The Labute approximate surface area is 454 Å². The van der Waals surface area contributed by atoms with Crippen molar-refractivity contribution in [2.24, 2.45) is 0 Å². The highest BCUT2D eigenvalue weighted by molar-refractivity contribution is 6.63. The van der Waals surface area contributed by atoms with Crippen molar-refractivity contribution in [3.8, 4) is 0 Å². The first-order valence-corrected chi connectivity index (χ1v) is 30.4. The van der Waals surface area contributed by atoms with Crippen LogP contribution in [0.2, 0.25) is 0 Å². The predicted octanol–water partition coefficient (Wildman–Crippen LogP) is 27.2. The van der Waals surface area contributed by atoms with Gasteiger partial charge >= 0.3 is 0 Å². The number of unbranched alkanes of at least 4 members (excludes halogenated alkanes) is 24. The highest BCUT2D eigenvalue weighted by Gasteiger charge is 1.81. The van der Waals surface area contributed by atoms with Gasteiger partial charge in [-0.05, 0) is 13.8 Å². The number of hydrogen-bond acceptors (Lipinski definition) is 1. The Bertz CT molecular complexity index is 402. The number of Topliss-reactive ketones (excluding diaryl/α,β-unsaturated/α-hetero) is 1. The van der Waals surface area contributed by atoms with Crippen LogP contribution < -0.4 is 0 Å². The molecule has 0 amide bonds. The second kappa shape index (κ2) is 126. The fraction of sp³-hybridized carbons (Fsp3) is 0.981. The van der Waals surface area contributed by atoms with Crippen molar-refractivity contribution in [1.29, 1.82) is 0 Å². The maximum Gasteiger partial charge on any atom is 0.180 e. The first-order valence-electron chi connectivity index (χ1n) is 26.5. The summed E-state index contributed by atoms with van der Waals surface area (Å²) in [5.74, 6) is 0.167. The second-order valence-electron chi connectivity index (χ2n) is 15.3. The molecule has 0 saturated carbocycles. The van der Waals surface area contributed by atoms with Crippen molar-refractivity contribution >= 4 is 110 Å². The molecule has 0 aliphatic heterocycles. The summed E-state index contributed by atoms with van der Waals surface area (Å²) in [6.07, 6.45) is 44.3. The number of carbonyl (C=O) groups excluding carboxylic acids is 1. The van der Waals surface area contributed by atoms with Crippen molar-refractivity contribution in [1.82, 2.24) is 0 Å². The molecule has 0 heterocycles. The molecule has 0 spiro atoms. The van der Waals surface area contributed by atoms with Gasteiger partial charge in [-0.25, -0.2) is 0 Å². The summed E-state index contributed by atoms with van der Waals surface area (Å²) in [6.45, 7) is 38.8. The number of halogens is 9. The van der Waals surface area contributed by atoms with E-state index in [9.17, 15) is 4.79 Å². The molecule has 0 unspecified atom stereocenters. The largest absolute Gasteiger partial charge is 0.300 e. The Morgan fingerprint density at radius 1 is 0.219 bits per heavy atom. The van der Waals surface area contributed by atoms with Crippen LogP contribution in [0.3, 0.4) is 0 Å². The van der Waals surface area contributed by atoms with Crippen LogP contribution in [0.5, 0.6) is 0 Å². The molecule has 0 aliphatic rings. The second-order valence-corrected chi connectivity index (χ2v) is 21.2. The minimum atomic E-state index is -0.750. The summed E-state index contributed by atoms with van der Waals surface area (Å²) in [6, 6.07) is 0. The molecule has 406 valence electrons. The minimum Gasteiger partial charge on any atom is -0.300 e. The molecule has 0 bridgehead atoms. The van der Waals surface area contributed by atoms with Crippen molar-refractivity contribution in [2.75, 3.05) is 0 Å². The van der Waals surface area contributed by atoms with Gasteiger partial charge in [-0.3, -0.25) is 0 Å². The molecular weight excluding hydrogens is 984 g/mol. The molecule has 1 nitrogen and oxygen atoms in total. The molecule has 0 rings (SSSR count). The molecule has 0 atom stereocenters. The lowest BCUT2D eigenvalue weighted by atomic mass is 10.2. The maximum atomic E-state index is 9.44. The van der Waals surface area contributed by atoms with E-state index in [0.717, 1.165) is 0 Å². The van der Waals surface area contributed by atoms with Crippen molar-refractivity contribution in [2.45, 2.75) is 343 Å². The summed E-state index contributed by atoms with van der Waals surface area (Å²) in [7, 11) is 0. The van der Waals surface area contributed by atoms with E-state index < -0.39 is 12.9 Å². The summed E-state index contributed by atoms with van der Waals surface area (Å²) in [5, 5.41) is 0. The van der Waals surface area contributed by atoms with Crippen LogP contribution in [0.15, 0.2) is 0 Å². The van der Waals surface area contributed by atoms with Gasteiger partial charge in [0.2, 0.25) is 0 Å². The van der Waals surface area contributed by atoms with Gasteiger partial charge in [0.25, 0.3) is 0 Å². The fourth-order valence-electron chi connectivity index (χ4n) is 4.00. The quantitative estimate of drug-likeness (QED) is 0.0695. The number of ketones is 1. The Morgan fingerprint density at radius 2 is 0.250 bits per heavy atom. The standard InChI is InChI=1S/8C6H14.C3H6O.3CHCl3/c8*1-3-5-6-4-2;1-3(2)4;3*2-1(3)4/h8*3-6H2,1-2H3;1-2H3;3*1H. The van der Waals surface area contributed by atoms with Gasteiger partial charge in [0.05, 0.1) is 0 Å². The topological polar surface area (TPSA) is 17.1 Å². The van der Waals surface area contributed by atoms with E-state index in [1.165, 1.54) is 219 Å². The lowest BCUT2D eigenvalue weighted by Gasteiger charge is -1.86. The van der Waals surface area contributed by atoms with Crippen LogP contribution in [-0.4, -0.2) is 18.7 Å². The Kier molecular flexibility index (Phi) is 189. The van der Waals surface area contributed by atoms with Crippen LogP contribution in [0.25, 0.3) is 0 Å². The summed E-state index contributed by atoms with van der Waals surface area (Å²) >= 11 is 43.3. The van der Waals surface area contributed by atoms with Crippen LogP contribution >= 0.6 is 104 Å². The smallest absolute Gasteiger partial charge is 0.180 e. The van der Waals surface area contributed by atoms with Crippen LogP contribution in [0.1, 0.15) is 330 Å². The van der Waals surface area contributed by atoms with E-state index >= 15 is 0 Å². The molecule has 0 aliphatic carbocycles. The van der Waals surface area contributed by atoms with E-state index in [-0.39, 0.29) is 5.78 Å². The summed E-state index contributed by atoms with van der Waals surface area (Å²) in [4.78, 5) is 9.44. The molecule has 0 fully saturated rings. The Morgan fingerprint density at radius 3 is 0.266 bits per heavy atom. The number of alkyl halides is 9. The minimum absolute atomic E-state index is 0.167. The average molecular weight is 1110 g/mol. The fourth-order valence-corrected chi connectivity index (χ4v) is 4.00. The van der Waals surface area contributed by atoms with Crippen molar-refractivity contribution < 1.29 is 4.79 Å². The van der Waals surface area contributed by atoms with E-state index in [2.05, 4.69) is 111 Å². The van der Waals surface area contributed by atoms with Gasteiger partial charge in [0.1, 0.15) is 5.78 Å². The molecule has 0 saturated heterocycles. The molecule has 0 aromatic carbocycles. The average Bonchev–Trinajstić information content (AvgIpc) is 3.24. The molecule has 0 aromatic heterocycles. The third kappa shape index (κ3) is 373. The van der Waals surface area contributed by atoms with E-state index in [0.29, 0.717) is 0 Å². The third-order valence-electron chi connectivity index (χ3n) is 7.66. The highest BCUT2D eigenvalue weighted by atomic mass is 35.6. The highest BCUT2D eigenvalue weighted by Crippen LogP contribution is 2.05. The van der Waals surface area contributed by atoms with E-state index in [4.69, 9.17) is 104 Å². The lowest BCUT2D eigenvalue weighted by molar-refractivity contribution is -0.115. The van der Waals surface area contributed by atoms with E-state index in [1.807, 2.05) is 0 Å². The maximum absolute atomic E-state index is 9.44. The van der Waals surface area contributed by atoms with Crippen molar-refractivity contribution in [3.63, 3.8) is 0 Å². The molecule has 0 N–H and O–H groups in total. The number of rotatable bonds is 24.